The smallest absolute Gasteiger partial charge is 0.222 e. The standard InChI is InChI=1S/C24H22N4O/c1-29-19-11-7-8-17(14-19)16-26-23-15-22(27-24(25)28-23)21-13-6-5-12-20(21)18-9-3-2-4-10-18/h2-15H,16H2,1H3,(H3,25,26,27,28). The Bertz CT molecular complexity index is 1110. The molecule has 29 heavy (non-hydrogen) atoms. The Morgan fingerprint density at radius 3 is 2.38 bits per heavy atom. The van der Waals surface area contributed by atoms with E-state index >= 15 is 0 Å². The molecule has 0 radical (unpaired) electrons. The van der Waals surface area contributed by atoms with Crippen molar-refractivity contribution < 1.29 is 4.74 Å². The molecule has 3 aromatic carbocycles. The first-order valence-electron chi connectivity index (χ1n) is 9.39. The van der Waals surface area contributed by atoms with Gasteiger partial charge < -0.3 is 15.8 Å². The molecule has 0 aliphatic rings. The van der Waals surface area contributed by atoms with E-state index < -0.39 is 0 Å². The number of benzene rings is 3. The summed E-state index contributed by atoms with van der Waals surface area (Å²) in [5, 5.41) is 3.34. The fourth-order valence-electron chi connectivity index (χ4n) is 3.25. The highest BCUT2D eigenvalue weighted by molar-refractivity contribution is 5.82. The monoisotopic (exact) mass is 382 g/mol. The van der Waals surface area contributed by atoms with E-state index in [-0.39, 0.29) is 5.95 Å². The number of methoxy groups -OCH3 is 1. The van der Waals surface area contributed by atoms with Crippen LogP contribution in [0.1, 0.15) is 5.56 Å². The lowest BCUT2D eigenvalue weighted by Gasteiger charge is -2.12. The molecule has 0 atom stereocenters. The summed E-state index contributed by atoms with van der Waals surface area (Å²) in [5.41, 5.74) is 11.1. The molecule has 144 valence electrons. The van der Waals surface area contributed by atoms with Crippen LogP contribution < -0.4 is 15.8 Å². The van der Waals surface area contributed by atoms with Crippen LogP contribution in [-0.2, 0) is 6.54 Å². The van der Waals surface area contributed by atoms with Crippen LogP contribution in [0.25, 0.3) is 22.4 Å². The minimum atomic E-state index is 0.235. The van der Waals surface area contributed by atoms with Crippen molar-refractivity contribution in [3.63, 3.8) is 0 Å². The van der Waals surface area contributed by atoms with E-state index in [9.17, 15) is 0 Å². The Hall–Kier alpha value is -3.86. The minimum absolute atomic E-state index is 0.235. The van der Waals surface area contributed by atoms with Gasteiger partial charge in [0.15, 0.2) is 0 Å². The summed E-state index contributed by atoms with van der Waals surface area (Å²) in [6.45, 7) is 0.605. The second-order valence-electron chi connectivity index (χ2n) is 6.61. The van der Waals surface area contributed by atoms with Gasteiger partial charge in [0.05, 0.1) is 12.8 Å². The van der Waals surface area contributed by atoms with Gasteiger partial charge in [0.1, 0.15) is 11.6 Å². The fraction of sp³-hybridized carbons (Fsp3) is 0.0833. The van der Waals surface area contributed by atoms with Gasteiger partial charge in [-0.1, -0.05) is 66.7 Å². The molecule has 0 amide bonds. The maximum absolute atomic E-state index is 6.02. The highest BCUT2D eigenvalue weighted by Gasteiger charge is 2.11. The van der Waals surface area contributed by atoms with Gasteiger partial charge in [-0.05, 0) is 28.8 Å². The number of aromatic nitrogens is 2. The van der Waals surface area contributed by atoms with Crippen LogP contribution in [-0.4, -0.2) is 17.1 Å². The molecule has 1 aromatic heterocycles. The average molecular weight is 382 g/mol. The van der Waals surface area contributed by atoms with Crippen LogP contribution in [0.5, 0.6) is 5.75 Å². The van der Waals surface area contributed by atoms with E-state index in [1.165, 1.54) is 0 Å². The van der Waals surface area contributed by atoms with Crippen LogP contribution in [0.2, 0.25) is 0 Å². The number of nitrogens with one attached hydrogen (secondary N) is 1. The van der Waals surface area contributed by atoms with Gasteiger partial charge in [0.25, 0.3) is 0 Å². The van der Waals surface area contributed by atoms with E-state index in [0.29, 0.717) is 12.4 Å². The van der Waals surface area contributed by atoms with Crippen LogP contribution in [0.4, 0.5) is 11.8 Å². The van der Waals surface area contributed by atoms with Gasteiger partial charge in [0, 0.05) is 18.2 Å². The highest BCUT2D eigenvalue weighted by atomic mass is 16.5. The van der Waals surface area contributed by atoms with Gasteiger partial charge >= 0.3 is 0 Å². The molecule has 0 spiro atoms. The zero-order chi connectivity index (χ0) is 20.1. The first-order valence-corrected chi connectivity index (χ1v) is 9.39. The SMILES string of the molecule is COc1cccc(CNc2cc(-c3ccccc3-c3ccccc3)nc(N)n2)c1. The summed E-state index contributed by atoms with van der Waals surface area (Å²) in [4.78, 5) is 8.82. The quantitative estimate of drug-likeness (QED) is 0.490. The second-order valence-corrected chi connectivity index (χ2v) is 6.61. The summed E-state index contributed by atoms with van der Waals surface area (Å²) in [6.07, 6.45) is 0. The number of nitrogens with two attached hydrogens (primary N) is 1. The first-order chi connectivity index (χ1) is 14.2. The van der Waals surface area contributed by atoms with Gasteiger partial charge in [-0.3, -0.25) is 0 Å². The Balaban J connectivity index is 1.64. The molecule has 4 aromatic rings. The first kappa shape index (κ1) is 18.5. The van der Waals surface area contributed by atoms with E-state index in [0.717, 1.165) is 33.7 Å². The largest absolute Gasteiger partial charge is 0.497 e. The van der Waals surface area contributed by atoms with Crippen molar-refractivity contribution >= 4 is 11.8 Å². The number of rotatable bonds is 6. The molecule has 1 heterocycles. The predicted molar refractivity (Wildman–Crippen MR) is 118 cm³/mol. The molecule has 0 aliphatic carbocycles. The number of hydrogen-bond donors (Lipinski definition) is 2. The Morgan fingerprint density at radius 1 is 0.828 bits per heavy atom. The summed E-state index contributed by atoms with van der Waals surface area (Å²) < 4.78 is 5.28. The number of anilines is 2. The van der Waals surface area contributed by atoms with Crippen LogP contribution in [0.3, 0.4) is 0 Å². The molecule has 0 saturated carbocycles. The van der Waals surface area contributed by atoms with Crippen molar-refractivity contribution in [3.8, 4) is 28.1 Å². The third kappa shape index (κ3) is 4.35. The Morgan fingerprint density at radius 2 is 1.59 bits per heavy atom. The normalized spacial score (nSPS) is 10.5. The highest BCUT2D eigenvalue weighted by Crippen LogP contribution is 2.32. The predicted octanol–water partition coefficient (Wildman–Crippen LogP) is 5.01. The van der Waals surface area contributed by atoms with Gasteiger partial charge in [-0.2, -0.15) is 4.98 Å². The summed E-state index contributed by atoms with van der Waals surface area (Å²) >= 11 is 0. The topological polar surface area (TPSA) is 73.1 Å². The van der Waals surface area contributed by atoms with Crippen molar-refractivity contribution in [1.82, 2.24) is 9.97 Å². The lowest BCUT2D eigenvalue weighted by atomic mass is 9.97. The second kappa shape index (κ2) is 8.44. The molecular weight excluding hydrogens is 360 g/mol. The summed E-state index contributed by atoms with van der Waals surface area (Å²) in [5.74, 6) is 1.74. The van der Waals surface area contributed by atoms with Crippen molar-refractivity contribution in [2.24, 2.45) is 0 Å². The van der Waals surface area contributed by atoms with E-state index in [1.807, 2.05) is 60.7 Å². The van der Waals surface area contributed by atoms with Crippen molar-refractivity contribution in [2.45, 2.75) is 6.54 Å². The maximum atomic E-state index is 6.02. The van der Waals surface area contributed by atoms with Crippen LogP contribution in [0.15, 0.2) is 84.9 Å². The zero-order valence-corrected chi connectivity index (χ0v) is 16.2. The van der Waals surface area contributed by atoms with E-state index in [4.69, 9.17) is 10.5 Å². The Kier molecular flexibility index (Phi) is 5.38. The van der Waals surface area contributed by atoms with Crippen molar-refractivity contribution in [1.29, 1.82) is 0 Å². The molecule has 0 saturated heterocycles. The molecule has 0 unspecified atom stereocenters. The third-order valence-corrected chi connectivity index (χ3v) is 4.64. The number of nitrogens with zero attached hydrogens (tertiary/aromatic N) is 2. The lowest BCUT2D eigenvalue weighted by molar-refractivity contribution is 0.414. The van der Waals surface area contributed by atoms with Gasteiger partial charge in [-0.15, -0.1) is 0 Å². The molecule has 0 aliphatic heterocycles. The third-order valence-electron chi connectivity index (χ3n) is 4.64. The molecule has 5 heteroatoms. The van der Waals surface area contributed by atoms with Gasteiger partial charge in [-0.25, -0.2) is 4.98 Å². The number of hydrogen-bond acceptors (Lipinski definition) is 5. The van der Waals surface area contributed by atoms with E-state index in [1.54, 1.807) is 7.11 Å². The molecule has 5 nitrogen and oxygen atoms in total. The fourth-order valence-corrected chi connectivity index (χ4v) is 3.25. The number of ether oxygens (including phenoxy) is 1. The van der Waals surface area contributed by atoms with Crippen LogP contribution in [0, 0.1) is 0 Å². The van der Waals surface area contributed by atoms with Crippen molar-refractivity contribution in [2.75, 3.05) is 18.2 Å². The van der Waals surface area contributed by atoms with Gasteiger partial charge in [0.2, 0.25) is 5.95 Å². The molecule has 0 fully saturated rings. The zero-order valence-electron chi connectivity index (χ0n) is 16.2. The molecular formula is C24H22N4O. The molecule has 3 N–H and O–H groups in total. The Labute approximate surface area is 170 Å². The average Bonchev–Trinajstić information content (AvgIpc) is 2.78. The summed E-state index contributed by atoms with van der Waals surface area (Å²) in [7, 11) is 1.66. The summed E-state index contributed by atoms with van der Waals surface area (Å²) in [6, 6.07) is 28.3. The lowest BCUT2D eigenvalue weighted by Crippen LogP contribution is -2.05. The maximum Gasteiger partial charge on any atom is 0.222 e. The molecule has 4 rings (SSSR count). The number of nitrogen functional groups attached to an aromatic ring is 1. The van der Waals surface area contributed by atoms with E-state index in [2.05, 4.69) is 39.6 Å². The minimum Gasteiger partial charge on any atom is -0.497 e. The van der Waals surface area contributed by atoms with Crippen molar-refractivity contribution in [3.05, 3.63) is 90.5 Å². The molecule has 0 bridgehead atoms. The van der Waals surface area contributed by atoms with Crippen LogP contribution >= 0.6 is 0 Å².